The average Bonchev–Trinajstić information content (AvgIpc) is 2.11. The topological polar surface area (TPSA) is 43.0 Å². The van der Waals surface area contributed by atoms with Gasteiger partial charge in [0.15, 0.2) is 6.79 Å². The lowest BCUT2D eigenvalue weighted by molar-refractivity contribution is -0.540. The predicted molar refractivity (Wildman–Crippen MR) is 50.6 cm³/mol. The van der Waals surface area contributed by atoms with Crippen LogP contribution in [0.15, 0.2) is 0 Å². The molecule has 0 atom stereocenters. The van der Waals surface area contributed by atoms with Gasteiger partial charge in [-0.25, -0.2) is 15.1 Å². The zero-order chi connectivity index (χ0) is 9.73. The normalized spacial score (nSPS) is 18.7. The molecule has 0 bridgehead atoms. The molecular formula is C7H18N2O3Si. The van der Waals surface area contributed by atoms with Crippen LogP contribution in [0, 0.1) is 0 Å². The highest BCUT2D eigenvalue weighted by molar-refractivity contribution is 6.73. The zero-order valence-corrected chi connectivity index (χ0v) is 9.50. The third kappa shape index (κ3) is 2.73. The fraction of sp³-hybridized carbons (Fsp3) is 1.00. The van der Waals surface area contributed by atoms with Crippen molar-refractivity contribution in [3.8, 4) is 0 Å². The Morgan fingerprint density at radius 2 is 2.00 bits per heavy atom. The first-order valence-corrected chi connectivity index (χ1v) is 7.14. The summed E-state index contributed by atoms with van der Waals surface area (Å²) < 4.78 is 5.59. The summed E-state index contributed by atoms with van der Waals surface area (Å²) in [6.45, 7) is 4.67. The van der Waals surface area contributed by atoms with Crippen molar-refractivity contribution in [2.24, 2.45) is 0 Å². The fourth-order valence-electron chi connectivity index (χ4n) is 1.27. The molecule has 1 aliphatic heterocycles. The van der Waals surface area contributed by atoms with Crippen LogP contribution in [0.5, 0.6) is 0 Å². The molecule has 1 aliphatic rings. The van der Waals surface area contributed by atoms with Crippen LogP contribution < -0.4 is 5.43 Å². The van der Waals surface area contributed by atoms with E-state index in [4.69, 9.17) is 14.1 Å². The van der Waals surface area contributed by atoms with E-state index in [1.54, 1.807) is 7.11 Å². The molecule has 0 aromatic rings. The van der Waals surface area contributed by atoms with E-state index in [1.165, 1.54) is 5.34 Å². The maximum Gasteiger partial charge on any atom is 0.206 e. The van der Waals surface area contributed by atoms with E-state index in [2.05, 4.69) is 19.3 Å². The minimum Gasteiger partial charge on any atom is -0.419 e. The third-order valence-corrected chi connectivity index (χ3v) is 6.84. The molecule has 1 saturated heterocycles. The van der Waals surface area contributed by atoms with Crippen LogP contribution >= 0.6 is 0 Å². The Morgan fingerprint density at radius 1 is 1.38 bits per heavy atom. The molecule has 0 radical (unpaired) electrons. The van der Waals surface area contributed by atoms with E-state index in [9.17, 15) is 0 Å². The van der Waals surface area contributed by atoms with Gasteiger partial charge in [-0.05, 0) is 12.1 Å². The Labute approximate surface area is 80.0 Å². The first kappa shape index (κ1) is 11.1. The smallest absolute Gasteiger partial charge is 0.206 e. The first-order chi connectivity index (χ1) is 6.26. The second-order valence-corrected chi connectivity index (χ2v) is 7.60. The molecule has 13 heavy (non-hydrogen) atoms. The van der Waals surface area contributed by atoms with Gasteiger partial charge in [0.2, 0.25) is 8.32 Å². The molecular weight excluding hydrogens is 188 g/mol. The lowest BCUT2D eigenvalue weighted by atomic mass is 10.9. The number of nitrogens with zero attached hydrogens (tertiary/aromatic N) is 1. The highest BCUT2D eigenvalue weighted by Gasteiger charge is 2.31. The Morgan fingerprint density at radius 3 is 2.31 bits per heavy atom. The summed E-state index contributed by atoms with van der Waals surface area (Å²) in [6.07, 6.45) is 0.830. The van der Waals surface area contributed by atoms with E-state index in [0.717, 1.165) is 18.3 Å². The molecule has 0 aromatic heterocycles. The fourth-order valence-corrected chi connectivity index (χ4v) is 3.41. The first-order valence-electron chi connectivity index (χ1n) is 4.61. The van der Waals surface area contributed by atoms with Gasteiger partial charge in [-0.15, -0.1) is 0 Å². The molecule has 0 spiro atoms. The van der Waals surface area contributed by atoms with Crippen molar-refractivity contribution in [3.05, 3.63) is 0 Å². The number of hydrogen-bond acceptors (Lipinski definition) is 5. The molecule has 1 heterocycles. The third-order valence-electron chi connectivity index (χ3n) is 2.59. The molecule has 5 nitrogen and oxygen atoms in total. The maximum atomic E-state index is 5.59. The second-order valence-electron chi connectivity index (χ2n) is 3.06. The number of rotatable bonds is 6. The molecule has 0 amide bonds. The lowest BCUT2D eigenvalue weighted by Crippen LogP contribution is -2.55. The summed E-state index contributed by atoms with van der Waals surface area (Å²) in [5.74, 6) is 0. The van der Waals surface area contributed by atoms with E-state index < -0.39 is 8.32 Å². The van der Waals surface area contributed by atoms with Gasteiger partial charge in [0.05, 0.1) is 0 Å². The Hall–Kier alpha value is 0.0169. The second kappa shape index (κ2) is 5.04. The average molecular weight is 206 g/mol. The Bertz CT molecular complexity index is 142. The van der Waals surface area contributed by atoms with Gasteiger partial charge in [-0.2, -0.15) is 0 Å². The van der Waals surface area contributed by atoms with Crippen molar-refractivity contribution in [3.63, 3.8) is 0 Å². The maximum absolute atomic E-state index is 5.59. The van der Waals surface area contributed by atoms with Crippen molar-refractivity contribution in [2.75, 3.05) is 20.1 Å². The Balaban J connectivity index is 2.27. The monoisotopic (exact) mass is 206 g/mol. The summed E-state index contributed by atoms with van der Waals surface area (Å²) >= 11 is 0. The standard InChI is InChI=1S/C7H18N2O3Si/c1-4-13(5-2,10-3)6-8-9-11-7-12-9/h8H,4-7H2,1-3H3. The molecule has 0 saturated carbocycles. The van der Waals surface area contributed by atoms with Crippen molar-refractivity contribution in [2.45, 2.75) is 25.9 Å². The van der Waals surface area contributed by atoms with E-state index in [-0.39, 0.29) is 0 Å². The van der Waals surface area contributed by atoms with Gasteiger partial charge < -0.3 is 4.43 Å². The van der Waals surface area contributed by atoms with Crippen LogP contribution in [0.4, 0.5) is 0 Å². The van der Waals surface area contributed by atoms with Crippen LogP contribution in [0.1, 0.15) is 13.8 Å². The molecule has 1 N–H and O–H groups in total. The van der Waals surface area contributed by atoms with Crippen LogP contribution in [0.3, 0.4) is 0 Å². The Kier molecular flexibility index (Phi) is 4.30. The van der Waals surface area contributed by atoms with E-state index in [0.29, 0.717) is 6.79 Å². The summed E-state index contributed by atoms with van der Waals surface area (Å²) in [7, 11) is 0.215. The van der Waals surface area contributed by atoms with E-state index >= 15 is 0 Å². The highest BCUT2D eigenvalue weighted by atomic mass is 28.4. The van der Waals surface area contributed by atoms with Gasteiger partial charge in [0, 0.05) is 18.6 Å². The van der Waals surface area contributed by atoms with Crippen molar-refractivity contribution < 1.29 is 14.1 Å². The van der Waals surface area contributed by atoms with Crippen LogP contribution in [-0.4, -0.2) is 33.7 Å². The molecule has 0 unspecified atom stereocenters. The molecule has 1 fully saturated rings. The van der Waals surface area contributed by atoms with Crippen molar-refractivity contribution >= 4 is 8.32 Å². The summed E-state index contributed by atoms with van der Waals surface area (Å²) in [5, 5.41) is 1.30. The quantitative estimate of drug-likeness (QED) is 0.651. The predicted octanol–water partition coefficient (Wildman–Crippen LogP) is 0.798. The summed E-state index contributed by atoms with van der Waals surface area (Å²) in [4.78, 5) is 9.85. The molecule has 78 valence electrons. The number of hydrogen-bond donors (Lipinski definition) is 1. The highest BCUT2D eigenvalue weighted by Crippen LogP contribution is 2.15. The minimum atomic E-state index is -1.58. The number of hydrazine groups is 1. The van der Waals surface area contributed by atoms with Crippen LogP contribution in [0.2, 0.25) is 12.1 Å². The zero-order valence-electron chi connectivity index (χ0n) is 8.50. The lowest BCUT2D eigenvalue weighted by Gasteiger charge is -2.33. The molecule has 1 rings (SSSR count). The van der Waals surface area contributed by atoms with Crippen molar-refractivity contribution in [1.82, 2.24) is 10.8 Å². The van der Waals surface area contributed by atoms with E-state index in [1.807, 2.05) is 0 Å². The van der Waals surface area contributed by atoms with Gasteiger partial charge >= 0.3 is 0 Å². The van der Waals surface area contributed by atoms with Gasteiger partial charge in [-0.1, -0.05) is 13.8 Å². The summed E-state index contributed by atoms with van der Waals surface area (Å²) in [6, 6.07) is 2.20. The van der Waals surface area contributed by atoms with Gasteiger partial charge in [0.25, 0.3) is 0 Å². The van der Waals surface area contributed by atoms with Crippen LogP contribution in [0.25, 0.3) is 0 Å². The molecule has 0 aliphatic carbocycles. The molecule has 0 aromatic carbocycles. The van der Waals surface area contributed by atoms with Gasteiger partial charge in [-0.3, -0.25) is 0 Å². The minimum absolute atomic E-state index is 0.340. The van der Waals surface area contributed by atoms with Crippen molar-refractivity contribution in [1.29, 1.82) is 0 Å². The molecule has 6 heteroatoms. The van der Waals surface area contributed by atoms with Crippen LogP contribution in [-0.2, 0) is 14.1 Å². The SMILES string of the molecule is CC[Si](CC)(CNN1OCO1)OC. The summed E-state index contributed by atoms with van der Waals surface area (Å²) in [5.41, 5.74) is 3.04. The van der Waals surface area contributed by atoms with Gasteiger partial charge in [0.1, 0.15) is 0 Å². The number of nitrogens with one attached hydrogen (secondary N) is 1. The largest absolute Gasteiger partial charge is 0.419 e.